The highest BCUT2D eigenvalue weighted by molar-refractivity contribution is 7.90. The maximum atomic E-state index is 11.2. The van der Waals surface area contributed by atoms with E-state index in [9.17, 15) is 8.42 Å². The van der Waals surface area contributed by atoms with E-state index in [2.05, 4.69) is 15.3 Å². The molecule has 2 aromatic heterocycles. The summed E-state index contributed by atoms with van der Waals surface area (Å²) in [5.74, 6) is 0. The lowest BCUT2D eigenvalue weighted by Crippen LogP contribution is -2.04. The lowest BCUT2D eigenvalue weighted by molar-refractivity contribution is 0.598. The van der Waals surface area contributed by atoms with Gasteiger partial charge in [-0.1, -0.05) is 6.07 Å². The summed E-state index contributed by atoms with van der Waals surface area (Å²) in [6, 6.07) is 8.84. The second-order valence-electron chi connectivity index (χ2n) is 3.83. The minimum Gasteiger partial charge on any atom is -0.378 e. The first-order valence-corrected chi connectivity index (χ1v) is 7.25. The normalized spacial score (nSPS) is 11.2. The number of rotatable bonds is 4. The van der Waals surface area contributed by atoms with E-state index in [1.165, 1.54) is 12.3 Å². The monoisotopic (exact) mass is 263 g/mol. The van der Waals surface area contributed by atoms with Gasteiger partial charge in [-0.25, -0.2) is 13.4 Å². The lowest BCUT2D eigenvalue weighted by Gasteiger charge is -2.05. The summed E-state index contributed by atoms with van der Waals surface area (Å²) < 4.78 is 22.5. The van der Waals surface area contributed by atoms with Gasteiger partial charge >= 0.3 is 0 Å². The molecule has 0 unspecified atom stereocenters. The largest absolute Gasteiger partial charge is 0.378 e. The van der Waals surface area contributed by atoms with Crippen LogP contribution in [-0.2, 0) is 16.4 Å². The molecule has 0 aliphatic carbocycles. The van der Waals surface area contributed by atoms with E-state index in [1.54, 1.807) is 12.3 Å². The standard InChI is InChI=1S/C12H13N3O2S/c1-18(16,17)12-6-5-11(9-15-12)14-8-10-4-2-3-7-13-10/h2-7,9,14H,8H2,1H3. The Bertz CT molecular complexity index is 610. The third kappa shape index (κ3) is 3.27. The van der Waals surface area contributed by atoms with Crippen LogP contribution in [0.1, 0.15) is 5.69 Å². The predicted molar refractivity (Wildman–Crippen MR) is 68.9 cm³/mol. The van der Waals surface area contributed by atoms with Gasteiger partial charge in [0, 0.05) is 12.5 Å². The molecule has 0 amide bonds. The summed E-state index contributed by atoms with van der Waals surface area (Å²) in [5, 5.41) is 3.19. The molecule has 0 saturated carbocycles. The number of aromatic nitrogens is 2. The van der Waals surface area contributed by atoms with Crippen LogP contribution in [0.5, 0.6) is 0 Å². The van der Waals surface area contributed by atoms with E-state index in [1.807, 2.05) is 18.2 Å². The molecule has 0 bridgehead atoms. The molecule has 0 saturated heterocycles. The van der Waals surface area contributed by atoms with E-state index < -0.39 is 9.84 Å². The summed E-state index contributed by atoms with van der Waals surface area (Å²) in [6.07, 6.45) is 4.36. The van der Waals surface area contributed by atoms with Crippen LogP contribution >= 0.6 is 0 Å². The van der Waals surface area contributed by atoms with Gasteiger partial charge in [0.1, 0.15) is 0 Å². The summed E-state index contributed by atoms with van der Waals surface area (Å²) in [7, 11) is -3.24. The molecule has 1 N–H and O–H groups in total. The first-order valence-electron chi connectivity index (χ1n) is 5.35. The van der Waals surface area contributed by atoms with Gasteiger partial charge in [-0.15, -0.1) is 0 Å². The average molecular weight is 263 g/mol. The molecule has 0 fully saturated rings. The molecular formula is C12H13N3O2S. The molecule has 0 aromatic carbocycles. The average Bonchev–Trinajstić information content (AvgIpc) is 2.37. The van der Waals surface area contributed by atoms with Crippen molar-refractivity contribution in [3.63, 3.8) is 0 Å². The molecule has 94 valence electrons. The van der Waals surface area contributed by atoms with Gasteiger partial charge in [-0.2, -0.15) is 0 Å². The van der Waals surface area contributed by atoms with Gasteiger partial charge in [-0.05, 0) is 24.3 Å². The smallest absolute Gasteiger partial charge is 0.192 e. The van der Waals surface area contributed by atoms with Crippen molar-refractivity contribution in [3.05, 3.63) is 48.4 Å². The molecule has 5 nitrogen and oxygen atoms in total. The summed E-state index contributed by atoms with van der Waals surface area (Å²) in [6.45, 7) is 0.570. The highest BCUT2D eigenvalue weighted by atomic mass is 32.2. The Morgan fingerprint density at radius 1 is 1.17 bits per heavy atom. The molecule has 0 atom stereocenters. The van der Waals surface area contributed by atoms with Gasteiger partial charge in [0.2, 0.25) is 0 Å². The number of nitrogens with one attached hydrogen (secondary N) is 1. The second-order valence-corrected chi connectivity index (χ2v) is 5.79. The number of pyridine rings is 2. The van der Waals surface area contributed by atoms with Crippen molar-refractivity contribution in [3.8, 4) is 0 Å². The van der Waals surface area contributed by atoms with Gasteiger partial charge in [-0.3, -0.25) is 4.98 Å². The van der Waals surface area contributed by atoms with E-state index in [0.29, 0.717) is 6.54 Å². The zero-order valence-electron chi connectivity index (χ0n) is 9.87. The van der Waals surface area contributed by atoms with Crippen molar-refractivity contribution in [2.45, 2.75) is 11.6 Å². The molecule has 0 aliphatic rings. The van der Waals surface area contributed by atoms with Crippen LogP contribution in [0.3, 0.4) is 0 Å². The Morgan fingerprint density at radius 2 is 2.00 bits per heavy atom. The Hall–Kier alpha value is -1.95. The summed E-state index contributed by atoms with van der Waals surface area (Å²) in [5.41, 5.74) is 1.66. The number of hydrogen-bond donors (Lipinski definition) is 1. The van der Waals surface area contributed by atoms with Crippen molar-refractivity contribution < 1.29 is 8.42 Å². The fraction of sp³-hybridized carbons (Fsp3) is 0.167. The molecule has 6 heteroatoms. The molecule has 2 heterocycles. The first kappa shape index (κ1) is 12.5. The fourth-order valence-corrected chi connectivity index (χ4v) is 1.96. The summed E-state index contributed by atoms with van der Waals surface area (Å²) >= 11 is 0. The molecule has 2 aromatic rings. The Morgan fingerprint density at radius 3 is 2.56 bits per heavy atom. The minimum absolute atomic E-state index is 0.0749. The molecular weight excluding hydrogens is 250 g/mol. The van der Waals surface area contributed by atoms with Crippen LogP contribution < -0.4 is 5.32 Å². The van der Waals surface area contributed by atoms with Crippen LogP contribution in [0.25, 0.3) is 0 Å². The minimum atomic E-state index is -3.24. The van der Waals surface area contributed by atoms with E-state index in [-0.39, 0.29) is 5.03 Å². The number of hydrogen-bond acceptors (Lipinski definition) is 5. The fourth-order valence-electron chi connectivity index (χ4n) is 1.40. The number of sulfone groups is 1. The van der Waals surface area contributed by atoms with Crippen LogP contribution in [-0.4, -0.2) is 24.6 Å². The molecule has 0 aliphatic heterocycles. The van der Waals surface area contributed by atoms with Crippen molar-refractivity contribution in [1.29, 1.82) is 0 Å². The van der Waals surface area contributed by atoms with Gasteiger partial charge in [0.25, 0.3) is 0 Å². The maximum Gasteiger partial charge on any atom is 0.192 e. The summed E-state index contributed by atoms with van der Waals surface area (Å²) in [4.78, 5) is 8.06. The lowest BCUT2D eigenvalue weighted by atomic mass is 10.3. The highest BCUT2D eigenvalue weighted by Crippen LogP contribution is 2.11. The van der Waals surface area contributed by atoms with Gasteiger partial charge < -0.3 is 5.32 Å². The van der Waals surface area contributed by atoms with Crippen LogP contribution in [0.4, 0.5) is 5.69 Å². The maximum absolute atomic E-state index is 11.2. The quantitative estimate of drug-likeness (QED) is 0.905. The zero-order chi connectivity index (χ0) is 13.0. The topological polar surface area (TPSA) is 72.0 Å². The highest BCUT2D eigenvalue weighted by Gasteiger charge is 2.07. The predicted octanol–water partition coefficient (Wildman–Crippen LogP) is 1.49. The third-order valence-corrected chi connectivity index (χ3v) is 3.32. The SMILES string of the molecule is CS(=O)(=O)c1ccc(NCc2ccccn2)cn1. The molecule has 18 heavy (non-hydrogen) atoms. The third-order valence-electron chi connectivity index (χ3n) is 2.32. The zero-order valence-corrected chi connectivity index (χ0v) is 10.7. The molecule has 2 rings (SSSR count). The van der Waals surface area contributed by atoms with Crippen molar-refractivity contribution in [2.75, 3.05) is 11.6 Å². The van der Waals surface area contributed by atoms with Gasteiger partial charge in [0.05, 0.1) is 24.1 Å². The van der Waals surface area contributed by atoms with Crippen LogP contribution in [0.2, 0.25) is 0 Å². The number of nitrogens with zero attached hydrogens (tertiary/aromatic N) is 2. The van der Waals surface area contributed by atoms with Crippen molar-refractivity contribution in [1.82, 2.24) is 9.97 Å². The van der Waals surface area contributed by atoms with Crippen molar-refractivity contribution >= 4 is 15.5 Å². The van der Waals surface area contributed by atoms with E-state index in [0.717, 1.165) is 17.6 Å². The first-order chi connectivity index (χ1) is 8.55. The Labute approximate surface area is 106 Å². The Kier molecular flexibility index (Phi) is 3.57. The molecule has 0 radical (unpaired) electrons. The van der Waals surface area contributed by atoms with Crippen LogP contribution in [0, 0.1) is 0 Å². The van der Waals surface area contributed by atoms with Crippen LogP contribution in [0.15, 0.2) is 47.8 Å². The van der Waals surface area contributed by atoms with Crippen molar-refractivity contribution in [2.24, 2.45) is 0 Å². The Balaban J connectivity index is 2.03. The van der Waals surface area contributed by atoms with Gasteiger partial charge in [0.15, 0.2) is 14.9 Å². The number of anilines is 1. The molecule has 0 spiro atoms. The van der Waals surface area contributed by atoms with E-state index in [4.69, 9.17) is 0 Å². The van der Waals surface area contributed by atoms with E-state index >= 15 is 0 Å². The second kappa shape index (κ2) is 5.14.